The third kappa shape index (κ3) is 6.56. The lowest BCUT2D eigenvalue weighted by atomic mass is 9.99. The summed E-state index contributed by atoms with van der Waals surface area (Å²) in [5.41, 5.74) is 6.14. The molecule has 154 valence electrons. The van der Waals surface area contributed by atoms with Crippen molar-refractivity contribution in [2.75, 3.05) is 13.1 Å². The summed E-state index contributed by atoms with van der Waals surface area (Å²) < 4.78 is 27.7. The van der Waals surface area contributed by atoms with Crippen LogP contribution < -0.4 is 11.1 Å². The topological polar surface area (TPSA) is 58.4 Å². The average molecular weight is 424 g/mol. The van der Waals surface area contributed by atoms with E-state index in [4.69, 9.17) is 5.73 Å². The third-order valence-electron chi connectivity index (χ3n) is 5.48. The summed E-state index contributed by atoms with van der Waals surface area (Å²) in [5, 5.41) is 3.09. The fourth-order valence-electron chi connectivity index (χ4n) is 4.07. The molecule has 27 heavy (non-hydrogen) atoms. The molecule has 3 rings (SSSR count). The van der Waals surface area contributed by atoms with Crippen molar-refractivity contribution in [2.24, 2.45) is 11.7 Å². The summed E-state index contributed by atoms with van der Waals surface area (Å²) in [4.78, 5) is 14.3. The van der Waals surface area contributed by atoms with E-state index < -0.39 is 11.6 Å². The van der Waals surface area contributed by atoms with E-state index in [1.54, 1.807) is 0 Å². The molecule has 1 saturated heterocycles. The van der Waals surface area contributed by atoms with Gasteiger partial charge in [0.1, 0.15) is 11.6 Å². The van der Waals surface area contributed by atoms with Crippen molar-refractivity contribution in [2.45, 2.75) is 57.2 Å². The van der Waals surface area contributed by atoms with Crippen LogP contribution in [0.1, 0.15) is 44.1 Å². The Hall–Kier alpha value is -0.950. The lowest BCUT2D eigenvalue weighted by Gasteiger charge is -2.33. The predicted octanol–water partition coefficient (Wildman–Crippen LogP) is 3.41. The molecule has 1 aromatic carbocycles. The Morgan fingerprint density at radius 2 is 1.85 bits per heavy atom. The molecule has 3 atom stereocenters. The molecule has 2 fully saturated rings. The van der Waals surface area contributed by atoms with Gasteiger partial charge in [0, 0.05) is 37.2 Å². The monoisotopic (exact) mass is 423 g/mol. The highest BCUT2D eigenvalue weighted by molar-refractivity contribution is 5.85. The zero-order valence-electron chi connectivity index (χ0n) is 15.3. The highest BCUT2D eigenvalue weighted by Crippen LogP contribution is 2.27. The number of nitrogens with one attached hydrogen (secondary N) is 1. The quantitative estimate of drug-likeness (QED) is 0.762. The molecule has 0 bridgehead atoms. The number of benzene rings is 1. The lowest BCUT2D eigenvalue weighted by Crippen LogP contribution is -2.48. The number of likely N-dealkylation sites (tertiary alicyclic amines) is 1. The van der Waals surface area contributed by atoms with Gasteiger partial charge in [-0.15, -0.1) is 24.8 Å². The first kappa shape index (κ1) is 24.1. The zero-order chi connectivity index (χ0) is 17.8. The van der Waals surface area contributed by atoms with Crippen LogP contribution in [0.15, 0.2) is 18.2 Å². The summed E-state index contributed by atoms with van der Waals surface area (Å²) in [5.74, 6) is -0.693. The summed E-state index contributed by atoms with van der Waals surface area (Å²) in [6.45, 7) is 1.64. The summed E-state index contributed by atoms with van der Waals surface area (Å²) in [6, 6.07) is 4.12. The van der Waals surface area contributed by atoms with Crippen LogP contribution in [0.25, 0.3) is 0 Å². The molecule has 1 aromatic rings. The van der Waals surface area contributed by atoms with E-state index in [9.17, 15) is 13.6 Å². The number of carbonyl (C=O) groups excluding carboxylic acids is 1. The van der Waals surface area contributed by atoms with Crippen LogP contribution in [0, 0.1) is 17.6 Å². The molecule has 3 N–H and O–H groups in total. The molecule has 1 aliphatic heterocycles. The molecule has 1 amide bonds. The number of piperidine rings is 1. The van der Waals surface area contributed by atoms with Gasteiger partial charge in [-0.2, -0.15) is 0 Å². The smallest absolute Gasteiger partial charge is 0.220 e. The van der Waals surface area contributed by atoms with E-state index in [0.717, 1.165) is 38.6 Å². The Balaban J connectivity index is 0.00000182. The van der Waals surface area contributed by atoms with Crippen molar-refractivity contribution in [1.82, 2.24) is 10.2 Å². The SMILES string of the molecule is Cl.Cl.N[C@@H]1CCC[C@H]1CC(=O)NC1CCCN(Cc2c(F)cccc2F)C1. The van der Waals surface area contributed by atoms with Crippen LogP contribution in [-0.2, 0) is 11.3 Å². The van der Waals surface area contributed by atoms with Gasteiger partial charge >= 0.3 is 0 Å². The second kappa shape index (κ2) is 11.1. The average Bonchev–Trinajstić information content (AvgIpc) is 2.96. The van der Waals surface area contributed by atoms with Crippen molar-refractivity contribution in [1.29, 1.82) is 0 Å². The van der Waals surface area contributed by atoms with Crippen molar-refractivity contribution in [3.8, 4) is 0 Å². The number of carbonyl (C=O) groups is 1. The van der Waals surface area contributed by atoms with Crippen LogP contribution in [0.3, 0.4) is 0 Å². The number of nitrogens with zero attached hydrogens (tertiary/aromatic N) is 1. The fourth-order valence-corrected chi connectivity index (χ4v) is 4.07. The number of hydrogen-bond donors (Lipinski definition) is 2. The molecule has 1 heterocycles. The maximum atomic E-state index is 13.8. The van der Waals surface area contributed by atoms with E-state index in [1.807, 2.05) is 4.90 Å². The van der Waals surface area contributed by atoms with Gasteiger partial charge in [0.25, 0.3) is 0 Å². The van der Waals surface area contributed by atoms with Crippen LogP contribution in [0.5, 0.6) is 0 Å². The first-order chi connectivity index (χ1) is 12.0. The van der Waals surface area contributed by atoms with Gasteiger partial charge in [-0.3, -0.25) is 9.69 Å². The van der Waals surface area contributed by atoms with Gasteiger partial charge in [0.05, 0.1) is 0 Å². The Morgan fingerprint density at radius 1 is 1.15 bits per heavy atom. The maximum Gasteiger partial charge on any atom is 0.220 e. The normalized spacial score (nSPS) is 25.4. The summed E-state index contributed by atoms with van der Waals surface area (Å²) >= 11 is 0. The maximum absolute atomic E-state index is 13.8. The van der Waals surface area contributed by atoms with Crippen molar-refractivity contribution in [3.63, 3.8) is 0 Å². The predicted molar refractivity (Wildman–Crippen MR) is 107 cm³/mol. The molecular weight excluding hydrogens is 395 g/mol. The second-order valence-electron chi connectivity index (χ2n) is 7.40. The first-order valence-electron chi connectivity index (χ1n) is 9.23. The van der Waals surface area contributed by atoms with Crippen molar-refractivity contribution in [3.05, 3.63) is 35.4 Å². The van der Waals surface area contributed by atoms with Gasteiger partial charge in [0.15, 0.2) is 0 Å². The Labute approximate surface area is 172 Å². The number of hydrogen-bond acceptors (Lipinski definition) is 3. The number of halogens is 4. The van der Waals surface area contributed by atoms with E-state index in [2.05, 4.69) is 5.32 Å². The fraction of sp³-hybridized carbons (Fsp3) is 0.632. The summed E-state index contributed by atoms with van der Waals surface area (Å²) in [7, 11) is 0. The number of nitrogens with two attached hydrogens (primary N) is 1. The van der Waals surface area contributed by atoms with Crippen molar-refractivity contribution < 1.29 is 13.6 Å². The minimum atomic E-state index is -0.513. The van der Waals surface area contributed by atoms with E-state index in [-0.39, 0.29) is 60.8 Å². The van der Waals surface area contributed by atoms with E-state index >= 15 is 0 Å². The standard InChI is InChI=1S/C19H27F2N3O.2ClH/c20-16-6-2-7-17(21)15(16)12-24-9-3-5-14(11-24)23-19(25)10-13-4-1-8-18(13)22;;/h2,6-7,13-14,18H,1,3-5,8-12,22H2,(H,23,25);2*1H/t13-,14?,18+;;/m0../s1. The molecule has 1 aliphatic carbocycles. The molecule has 2 aliphatic rings. The zero-order valence-corrected chi connectivity index (χ0v) is 17.0. The highest BCUT2D eigenvalue weighted by Gasteiger charge is 2.28. The number of rotatable bonds is 5. The van der Waals surface area contributed by atoms with Gasteiger partial charge < -0.3 is 11.1 Å². The van der Waals surface area contributed by atoms with E-state index in [1.165, 1.54) is 18.2 Å². The highest BCUT2D eigenvalue weighted by atomic mass is 35.5. The minimum Gasteiger partial charge on any atom is -0.352 e. The van der Waals surface area contributed by atoms with Crippen LogP contribution in [-0.4, -0.2) is 36.0 Å². The Kier molecular flexibility index (Phi) is 9.95. The molecule has 0 aromatic heterocycles. The molecule has 1 unspecified atom stereocenters. The molecule has 0 spiro atoms. The minimum absolute atomic E-state index is 0. The van der Waals surface area contributed by atoms with Crippen molar-refractivity contribution >= 4 is 30.7 Å². The second-order valence-corrected chi connectivity index (χ2v) is 7.40. The van der Waals surface area contributed by atoms with E-state index in [0.29, 0.717) is 13.0 Å². The third-order valence-corrected chi connectivity index (χ3v) is 5.48. The Morgan fingerprint density at radius 3 is 2.48 bits per heavy atom. The lowest BCUT2D eigenvalue weighted by molar-refractivity contribution is -0.123. The van der Waals surface area contributed by atoms with Gasteiger partial charge in [-0.1, -0.05) is 12.5 Å². The largest absolute Gasteiger partial charge is 0.352 e. The first-order valence-corrected chi connectivity index (χ1v) is 9.23. The molecule has 1 saturated carbocycles. The molecule has 4 nitrogen and oxygen atoms in total. The van der Waals surface area contributed by atoms with Gasteiger partial charge in [0.2, 0.25) is 5.91 Å². The molecule has 0 radical (unpaired) electrons. The summed E-state index contributed by atoms with van der Waals surface area (Å²) in [6.07, 6.45) is 5.42. The molecule has 8 heteroatoms. The van der Waals surface area contributed by atoms with Crippen LogP contribution in [0.4, 0.5) is 8.78 Å². The van der Waals surface area contributed by atoms with Crippen LogP contribution in [0.2, 0.25) is 0 Å². The van der Waals surface area contributed by atoms with Gasteiger partial charge in [-0.05, 0) is 50.3 Å². The number of amides is 1. The Bertz CT molecular complexity index is 600. The molecular formula is C19H29Cl2F2N3O. The van der Waals surface area contributed by atoms with Crippen LogP contribution >= 0.6 is 24.8 Å². The van der Waals surface area contributed by atoms with Gasteiger partial charge in [-0.25, -0.2) is 8.78 Å².